The fourth-order valence-electron chi connectivity index (χ4n) is 1.74. The molecule has 1 aromatic rings. The van der Waals surface area contributed by atoms with E-state index in [2.05, 4.69) is 15.5 Å². The summed E-state index contributed by atoms with van der Waals surface area (Å²) in [5, 5.41) is 10.7. The van der Waals surface area contributed by atoms with E-state index < -0.39 is 0 Å². The van der Waals surface area contributed by atoms with Gasteiger partial charge in [-0.3, -0.25) is 0 Å². The van der Waals surface area contributed by atoms with Crippen molar-refractivity contribution in [1.29, 1.82) is 0 Å². The third-order valence-electron chi connectivity index (χ3n) is 3.19. The molecule has 0 amide bonds. The molecule has 1 aliphatic rings. The summed E-state index contributed by atoms with van der Waals surface area (Å²) in [5.41, 5.74) is 0.358. The van der Waals surface area contributed by atoms with Crippen molar-refractivity contribution in [3.05, 3.63) is 5.89 Å². The van der Waals surface area contributed by atoms with Crippen LogP contribution in [0.15, 0.2) is 4.42 Å². The average Bonchev–Trinajstić information content (AvgIpc) is 2.91. The molecule has 17 heavy (non-hydrogen) atoms. The standard InChI is InChI=1S/C11H18ClN3O2/c1-8(12)9-14-15-10(17-9)13-7-11(3-4-11)5-6-16-2/h8H,3-7H2,1-2H3,(H,13,15). The predicted octanol–water partition coefficient (Wildman–Crippen LogP) is 2.60. The van der Waals surface area contributed by atoms with Gasteiger partial charge in [0.05, 0.1) is 0 Å². The van der Waals surface area contributed by atoms with E-state index in [1.54, 1.807) is 14.0 Å². The summed E-state index contributed by atoms with van der Waals surface area (Å²) in [6, 6.07) is 0.455. The Balaban J connectivity index is 1.81. The van der Waals surface area contributed by atoms with Gasteiger partial charge in [0.15, 0.2) is 0 Å². The van der Waals surface area contributed by atoms with Gasteiger partial charge in [0.2, 0.25) is 5.89 Å². The van der Waals surface area contributed by atoms with Crippen molar-refractivity contribution in [2.45, 2.75) is 31.6 Å². The second-order valence-corrected chi connectivity index (χ2v) is 5.31. The van der Waals surface area contributed by atoms with Gasteiger partial charge in [-0.25, -0.2) is 0 Å². The Morgan fingerprint density at radius 3 is 2.82 bits per heavy atom. The highest BCUT2D eigenvalue weighted by atomic mass is 35.5. The van der Waals surface area contributed by atoms with Crippen LogP contribution in [-0.2, 0) is 4.74 Å². The molecule has 0 saturated heterocycles. The van der Waals surface area contributed by atoms with E-state index >= 15 is 0 Å². The van der Waals surface area contributed by atoms with E-state index in [0.717, 1.165) is 19.6 Å². The molecular formula is C11H18ClN3O2. The Morgan fingerprint density at radius 1 is 1.53 bits per heavy atom. The van der Waals surface area contributed by atoms with Crippen LogP contribution < -0.4 is 5.32 Å². The van der Waals surface area contributed by atoms with E-state index in [1.165, 1.54) is 12.8 Å². The summed E-state index contributed by atoms with van der Waals surface area (Å²) in [6.07, 6.45) is 3.54. The Bertz CT molecular complexity index is 363. The first-order valence-electron chi connectivity index (χ1n) is 5.85. The lowest BCUT2D eigenvalue weighted by Crippen LogP contribution is -2.17. The minimum Gasteiger partial charge on any atom is -0.407 e. The third-order valence-corrected chi connectivity index (χ3v) is 3.38. The number of ether oxygens (including phenoxy) is 1. The van der Waals surface area contributed by atoms with Gasteiger partial charge in [-0.2, -0.15) is 0 Å². The lowest BCUT2D eigenvalue weighted by atomic mass is 10.0. The molecule has 0 bridgehead atoms. The maximum atomic E-state index is 5.85. The quantitative estimate of drug-likeness (QED) is 0.763. The molecule has 1 atom stereocenters. The molecule has 1 saturated carbocycles. The predicted molar refractivity (Wildman–Crippen MR) is 65.2 cm³/mol. The van der Waals surface area contributed by atoms with E-state index in [4.69, 9.17) is 20.8 Å². The van der Waals surface area contributed by atoms with Crippen molar-refractivity contribution in [2.24, 2.45) is 5.41 Å². The first-order chi connectivity index (χ1) is 8.15. The molecule has 1 N–H and O–H groups in total. The van der Waals surface area contributed by atoms with Crippen LogP contribution in [0.3, 0.4) is 0 Å². The van der Waals surface area contributed by atoms with Gasteiger partial charge < -0.3 is 14.5 Å². The molecule has 0 aliphatic heterocycles. The number of nitrogens with zero attached hydrogens (tertiary/aromatic N) is 2. The number of hydrogen-bond acceptors (Lipinski definition) is 5. The average molecular weight is 260 g/mol. The smallest absolute Gasteiger partial charge is 0.315 e. The molecule has 0 spiro atoms. The van der Waals surface area contributed by atoms with E-state index in [0.29, 0.717) is 17.3 Å². The molecule has 1 heterocycles. The molecule has 96 valence electrons. The summed E-state index contributed by atoms with van der Waals surface area (Å²) in [6.45, 7) is 3.46. The number of alkyl halides is 1. The van der Waals surface area contributed by atoms with Gasteiger partial charge in [-0.15, -0.1) is 16.7 Å². The van der Waals surface area contributed by atoms with Gasteiger partial charge in [-0.05, 0) is 31.6 Å². The minimum atomic E-state index is -0.249. The zero-order valence-electron chi connectivity index (χ0n) is 10.2. The summed E-state index contributed by atoms with van der Waals surface area (Å²) >= 11 is 5.85. The van der Waals surface area contributed by atoms with Crippen molar-refractivity contribution in [3.8, 4) is 0 Å². The Hall–Kier alpha value is -0.810. The number of nitrogens with one attached hydrogen (secondary N) is 1. The largest absolute Gasteiger partial charge is 0.407 e. The fourth-order valence-corrected chi connectivity index (χ4v) is 1.83. The maximum absolute atomic E-state index is 5.85. The van der Waals surface area contributed by atoms with Gasteiger partial charge in [-0.1, -0.05) is 5.10 Å². The number of halogens is 1. The van der Waals surface area contributed by atoms with E-state index in [-0.39, 0.29) is 5.38 Å². The molecule has 1 aliphatic carbocycles. The molecule has 2 rings (SSSR count). The zero-order chi connectivity index (χ0) is 12.3. The van der Waals surface area contributed by atoms with Gasteiger partial charge in [0.1, 0.15) is 5.38 Å². The van der Waals surface area contributed by atoms with Crippen molar-refractivity contribution in [3.63, 3.8) is 0 Å². The van der Waals surface area contributed by atoms with Crippen LogP contribution in [0, 0.1) is 5.41 Å². The second-order valence-electron chi connectivity index (χ2n) is 4.66. The molecule has 1 unspecified atom stereocenters. The van der Waals surface area contributed by atoms with Crippen molar-refractivity contribution in [2.75, 3.05) is 25.6 Å². The summed E-state index contributed by atoms with van der Waals surface area (Å²) in [4.78, 5) is 0. The first kappa shape index (κ1) is 12.6. The second kappa shape index (κ2) is 5.23. The first-order valence-corrected chi connectivity index (χ1v) is 6.29. The van der Waals surface area contributed by atoms with E-state index in [9.17, 15) is 0 Å². The van der Waals surface area contributed by atoms with Crippen molar-refractivity contribution < 1.29 is 9.15 Å². The lowest BCUT2D eigenvalue weighted by molar-refractivity contribution is 0.174. The van der Waals surface area contributed by atoms with Gasteiger partial charge >= 0.3 is 6.01 Å². The molecule has 1 aromatic heterocycles. The highest BCUT2D eigenvalue weighted by molar-refractivity contribution is 6.20. The van der Waals surface area contributed by atoms with Crippen LogP contribution in [-0.4, -0.2) is 30.5 Å². The SMILES string of the molecule is COCCC1(CNc2nnc(C(C)Cl)o2)CC1. The molecule has 1 fully saturated rings. The lowest BCUT2D eigenvalue weighted by Gasteiger charge is -2.13. The number of aromatic nitrogens is 2. The van der Waals surface area contributed by atoms with Crippen molar-refractivity contribution in [1.82, 2.24) is 10.2 Å². The minimum absolute atomic E-state index is 0.249. The number of methoxy groups -OCH3 is 1. The zero-order valence-corrected chi connectivity index (χ0v) is 11.0. The third kappa shape index (κ3) is 3.33. The van der Waals surface area contributed by atoms with Crippen LogP contribution in [0.5, 0.6) is 0 Å². The van der Waals surface area contributed by atoms with Crippen LogP contribution in [0.2, 0.25) is 0 Å². The Labute approximate surface area is 106 Å². The maximum Gasteiger partial charge on any atom is 0.315 e. The number of anilines is 1. The molecule has 0 radical (unpaired) electrons. The van der Waals surface area contributed by atoms with Crippen LogP contribution >= 0.6 is 11.6 Å². The highest BCUT2D eigenvalue weighted by Crippen LogP contribution is 2.48. The van der Waals surface area contributed by atoms with Crippen LogP contribution in [0.4, 0.5) is 6.01 Å². The van der Waals surface area contributed by atoms with E-state index in [1.807, 2.05) is 0 Å². The van der Waals surface area contributed by atoms with Gasteiger partial charge in [0, 0.05) is 20.3 Å². The Morgan fingerprint density at radius 2 is 2.29 bits per heavy atom. The fraction of sp³-hybridized carbons (Fsp3) is 0.818. The summed E-state index contributed by atoms with van der Waals surface area (Å²) in [7, 11) is 1.73. The molecular weight excluding hydrogens is 242 g/mol. The number of rotatable bonds is 7. The van der Waals surface area contributed by atoms with Crippen molar-refractivity contribution >= 4 is 17.6 Å². The van der Waals surface area contributed by atoms with Crippen LogP contribution in [0.1, 0.15) is 37.5 Å². The molecule has 0 aromatic carbocycles. The topological polar surface area (TPSA) is 60.2 Å². The summed E-state index contributed by atoms with van der Waals surface area (Å²) < 4.78 is 10.5. The molecule has 6 heteroatoms. The summed E-state index contributed by atoms with van der Waals surface area (Å²) in [5.74, 6) is 0.455. The molecule has 5 nitrogen and oxygen atoms in total. The van der Waals surface area contributed by atoms with Gasteiger partial charge in [0.25, 0.3) is 0 Å². The normalized spacial score (nSPS) is 19.0. The monoisotopic (exact) mass is 259 g/mol. The highest BCUT2D eigenvalue weighted by Gasteiger charge is 2.42. The Kier molecular flexibility index (Phi) is 3.89. The van der Waals surface area contributed by atoms with Crippen LogP contribution in [0.25, 0.3) is 0 Å². The number of hydrogen-bond donors (Lipinski definition) is 1.